The number of carbonyl (C=O) groups is 2. The molecule has 0 N–H and O–H groups in total. The molecule has 1 rings (SSSR count). The molecule has 1 aromatic carbocycles. The monoisotopic (exact) mass is 206 g/mol. The van der Waals surface area contributed by atoms with Gasteiger partial charge in [0.25, 0.3) is 0 Å². The summed E-state index contributed by atoms with van der Waals surface area (Å²) in [6, 6.07) is 7.40. The van der Waals surface area contributed by atoms with Gasteiger partial charge in [-0.2, -0.15) is 0 Å². The number of benzene rings is 1. The van der Waals surface area contributed by atoms with Gasteiger partial charge in [-0.25, -0.2) is 0 Å². The smallest absolute Gasteiger partial charge is 0.302 e. The SMILES string of the molecule is CC(=O)OCCCc1ccc(C=O)cc1. The molecule has 3 heteroatoms. The van der Waals surface area contributed by atoms with Gasteiger partial charge in [-0.3, -0.25) is 9.59 Å². The summed E-state index contributed by atoms with van der Waals surface area (Å²) in [6.07, 6.45) is 2.48. The van der Waals surface area contributed by atoms with E-state index in [2.05, 4.69) is 0 Å². The molecule has 0 radical (unpaired) electrons. The van der Waals surface area contributed by atoms with Crippen LogP contribution in [0.3, 0.4) is 0 Å². The summed E-state index contributed by atoms with van der Waals surface area (Å²) < 4.78 is 4.81. The first kappa shape index (κ1) is 11.4. The molecule has 0 amide bonds. The second-order valence-electron chi connectivity index (χ2n) is 3.30. The van der Waals surface area contributed by atoms with E-state index in [9.17, 15) is 9.59 Å². The van der Waals surface area contributed by atoms with Gasteiger partial charge < -0.3 is 4.74 Å². The first-order chi connectivity index (χ1) is 7.22. The largest absolute Gasteiger partial charge is 0.466 e. The Hall–Kier alpha value is -1.64. The van der Waals surface area contributed by atoms with Crippen LogP contribution in [0.15, 0.2) is 24.3 Å². The minimum atomic E-state index is -0.244. The predicted octanol–water partition coefficient (Wildman–Crippen LogP) is 1.99. The highest BCUT2D eigenvalue weighted by molar-refractivity contribution is 5.74. The Kier molecular flexibility index (Phi) is 4.54. The van der Waals surface area contributed by atoms with E-state index in [1.807, 2.05) is 12.1 Å². The number of rotatable bonds is 5. The molecule has 0 aliphatic rings. The summed E-state index contributed by atoms with van der Waals surface area (Å²) in [5, 5.41) is 0. The third kappa shape index (κ3) is 4.40. The topological polar surface area (TPSA) is 43.4 Å². The summed E-state index contributed by atoms with van der Waals surface area (Å²) in [6.45, 7) is 1.85. The summed E-state index contributed by atoms with van der Waals surface area (Å²) in [7, 11) is 0. The van der Waals surface area contributed by atoms with Gasteiger partial charge in [0.1, 0.15) is 6.29 Å². The van der Waals surface area contributed by atoms with Gasteiger partial charge in [0, 0.05) is 12.5 Å². The average molecular weight is 206 g/mol. The Balaban J connectivity index is 2.31. The van der Waals surface area contributed by atoms with Crippen molar-refractivity contribution >= 4 is 12.3 Å². The molecule has 0 aliphatic heterocycles. The minimum absolute atomic E-state index is 0.244. The molecular formula is C12H14O3. The van der Waals surface area contributed by atoms with E-state index in [1.165, 1.54) is 6.92 Å². The van der Waals surface area contributed by atoms with Crippen molar-refractivity contribution < 1.29 is 14.3 Å². The molecular weight excluding hydrogens is 192 g/mol. The first-order valence-electron chi connectivity index (χ1n) is 4.90. The lowest BCUT2D eigenvalue weighted by molar-refractivity contribution is -0.141. The van der Waals surface area contributed by atoms with Crippen LogP contribution in [0.1, 0.15) is 29.3 Å². The van der Waals surface area contributed by atoms with Crippen LogP contribution in [-0.2, 0) is 16.0 Å². The quantitative estimate of drug-likeness (QED) is 0.420. The number of aryl methyl sites for hydroxylation is 1. The van der Waals surface area contributed by atoms with Crippen molar-refractivity contribution in [3.8, 4) is 0 Å². The zero-order valence-electron chi connectivity index (χ0n) is 8.73. The second kappa shape index (κ2) is 5.96. The van der Waals surface area contributed by atoms with E-state index in [0.717, 1.165) is 24.7 Å². The molecule has 0 aliphatic carbocycles. The van der Waals surface area contributed by atoms with Crippen molar-refractivity contribution in [2.45, 2.75) is 19.8 Å². The van der Waals surface area contributed by atoms with Gasteiger partial charge in [0.15, 0.2) is 0 Å². The van der Waals surface area contributed by atoms with E-state index in [-0.39, 0.29) is 5.97 Å². The van der Waals surface area contributed by atoms with Crippen LogP contribution in [0, 0.1) is 0 Å². The molecule has 0 saturated heterocycles. The van der Waals surface area contributed by atoms with E-state index in [1.54, 1.807) is 12.1 Å². The van der Waals surface area contributed by atoms with E-state index in [0.29, 0.717) is 12.2 Å². The lowest BCUT2D eigenvalue weighted by Gasteiger charge is -2.02. The number of aldehydes is 1. The molecule has 0 aromatic heterocycles. The van der Waals surface area contributed by atoms with Crippen molar-refractivity contribution in [1.82, 2.24) is 0 Å². The van der Waals surface area contributed by atoms with Crippen molar-refractivity contribution in [1.29, 1.82) is 0 Å². The molecule has 0 unspecified atom stereocenters. The minimum Gasteiger partial charge on any atom is -0.466 e. The summed E-state index contributed by atoms with van der Waals surface area (Å²) in [5.41, 5.74) is 1.83. The lowest BCUT2D eigenvalue weighted by Crippen LogP contribution is -2.01. The van der Waals surface area contributed by atoms with E-state index >= 15 is 0 Å². The predicted molar refractivity (Wildman–Crippen MR) is 56.8 cm³/mol. The molecule has 0 saturated carbocycles. The summed E-state index contributed by atoms with van der Waals surface area (Å²) in [4.78, 5) is 20.9. The maximum Gasteiger partial charge on any atom is 0.302 e. The van der Waals surface area contributed by atoms with Crippen LogP contribution in [0.5, 0.6) is 0 Å². The maximum absolute atomic E-state index is 10.5. The van der Waals surface area contributed by atoms with Gasteiger partial charge in [0.2, 0.25) is 0 Å². The molecule has 0 atom stereocenters. The Morgan fingerprint density at radius 1 is 1.33 bits per heavy atom. The molecule has 0 bridgehead atoms. The van der Waals surface area contributed by atoms with Gasteiger partial charge in [-0.15, -0.1) is 0 Å². The molecule has 0 spiro atoms. The maximum atomic E-state index is 10.5. The van der Waals surface area contributed by atoms with E-state index < -0.39 is 0 Å². The number of hydrogen-bond acceptors (Lipinski definition) is 3. The van der Waals surface area contributed by atoms with Gasteiger partial charge >= 0.3 is 5.97 Å². The van der Waals surface area contributed by atoms with Crippen molar-refractivity contribution in [2.75, 3.05) is 6.61 Å². The molecule has 1 aromatic rings. The average Bonchev–Trinajstić information content (AvgIpc) is 2.25. The number of carbonyl (C=O) groups excluding carboxylic acids is 2. The summed E-state index contributed by atoms with van der Waals surface area (Å²) >= 11 is 0. The summed E-state index contributed by atoms with van der Waals surface area (Å²) in [5.74, 6) is -0.244. The fourth-order valence-electron chi connectivity index (χ4n) is 1.26. The Morgan fingerprint density at radius 3 is 2.53 bits per heavy atom. The van der Waals surface area contributed by atoms with E-state index in [4.69, 9.17) is 4.74 Å². The zero-order valence-corrected chi connectivity index (χ0v) is 8.73. The lowest BCUT2D eigenvalue weighted by atomic mass is 10.1. The highest BCUT2D eigenvalue weighted by atomic mass is 16.5. The molecule has 0 heterocycles. The normalized spacial score (nSPS) is 9.67. The second-order valence-corrected chi connectivity index (χ2v) is 3.30. The van der Waals surface area contributed by atoms with Crippen LogP contribution in [0.2, 0.25) is 0 Å². The fourth-order valence-corrected chi connectivity index (χ4v) is 1.26. The number of esters is 1. The zero-order chi connectivity index (χ0) is 11.1. The van der Waals surface area contributed by atoms with Crippen molar-refractivity contribution in [3.63, 3.8) is 0 Å². The third-order valence-corrected chi connectivity index (χ3v) is 2.03. The van der Waals surface area contributed by atoms with Gasteiger partial charge in [-0.05, 0) is 18.4 Å². The van der Waals surface area contributed by atoms with Crippen molar-refractivity contribution in [2.24, 2.45) is 0 Å². The fraction of sp³-hybridized carbons (Fsp3) is 0.333. The Bertz CT molecular complexity index is 327. The standard InChI is InChI=1S/C12H14O3/c1-10(14)15-8-2-3-11-4-6-12(9-13)7-5-11/h4-7,9H,2-3,8H2,1H3. The van der Waals surface area contributed by atoms with Crippen LogP contribution in [0.4, 0.5) is 0 Å². The van der Waals surface area contributed by atoms with Crippen LogP contribution in [-0.4, -0.2) is 18.9 Å². The van der Waals surface area contributed by atoms with Crippen LogP contribution >= 0.6 is 0 Å². The van der Waals surface area contributed by atoms with Crippen molar-refractivity contribution in [3.05, 3.63) is 35.4 Å². The third-order valence-electron chi connectivity index (χ3n) is 2.03. The molecule has 0 fully saturated rings. The Labute approximate surface area is 89.1 Å². The van der Waals surface area contributed by atoms with Gasteiger partial charge in [-0.1, -0.05) is 24.3 Å². The highest BCUT2D eigenvalue weighted by Gasteiger charge is 1.96. The molecule has 3 nitrogen and oxygen atoms in total. The van der Waals surface area contributed by atoms with Crippen LogP contribution < -0.4 is 0 Å². The highest BCUT2D eigenvalue weighted by Crippen LogP contribution is 2.05. The molecule has 80 valence electrons. The first-order valence-corrected chi connectivity index (χ1v) is 4.90. The van der Waals surface area contributed by atoms with Crippen LogP contribution in [0.25, 0.3) is 0 Å². The number of ether oxygens (including phenoxy) is 1. The number of hydrogen-bond donors (Lipinski definition) is 0. The molecule has 15 heavy (non-hydrogen) atoms. The van der Waals surface area contributed by atoms with Gasteiger partial charge in [0.05, 0.1) is 6.61 Å². The Morgan fingerprint density at radius 2 is 2.00 bits per heavy atom.